The Labute approximate surface area is 90.3 Å². The number of amides is 1. The standard InChI is InChI=1S/C10H20N2O3/c1-2-15-9-5-8(6-9)12-10(13)7-14-4-3-11/h8-9H,2-7,11H2,1H3,(H,12,13). The second kappa shape index (κ2) is 6.76. The molecule has 5 heteroatoms. The first-order valence-electron chi connectivity index (χ1n) is 5.45. The largest absolute Gasteiger partial charge is 0.378 e. The van der Waals surface area contributed by atoms with Crippen LogP contribution in [0.5, 0.6) is 0 Å². The molecule has 1 aliphatic carbocycles. The topological polar surface area (TPSA) is 73.6 Å². The SMILES string of the molecule is CCOC1CC(NC(=O)COCCN)C1. The van der Waals surface area contributed by atoms with Gasteiger partial charge < -0.3 is 20.5 Å². The fourth-order valence-corrected chi connectivity index (χ4v) is 1.57. The lowest BCUT2D eigenvalue weighted by atomic mass is 9.89. The number of rotatable bonds is 7. The Balaban J connectivity index is 1.98. The number of carbonyl (C=O) groups excluding carboxylic acids is 1. The number of hydrogen-bond donors (Lipinski definition) is 2. The second-order valence-corrected chi connectivity index (χ2v) is 3.65. The maximum atomic E-state index is 11.3. The molecule has 1 rings (SSSR count). The van der Waals surface area contributed by atoms with Crippen molar-refractivity contribution in [3.63, 3.8) is 0 Å². The number of nitrogens with two attached hydrogens (primary N) is 1. The van der Waals surface area contributed by atoms with Crippen LogP contribution in [0.15, 0.2) is 0 Å². The molecule has 0 bridgehead atoms. The molecule has 0 aromatic carbocycles. The van der Waals surface area contributed by atoms with Crippen molar-refractivity contribution in [2.24, 2.45) is 5.73 Å². The highest BCUT2D eigenvalue weighted by atomic mass is 16.5. The van der Waals surface area contributed by atoms with Gasteiger partial charge in [-0.15, -0.1) is 0 Å². The minimum Gasteiger partial charge on any atom is -0.378 e. The van der Waals surface area contributed by atoms with Crippen LogP contribution in [-0.4, -0.2) is 44.4 Å². The van der Waals surface area contributed by atoms with Crippen LogP contribution in [0.2, 0.25) is 0 Å². The fraction of sp³-hybridized carbons (Fsp3) is 0.900. The minimum absolute atomic E-state index is 0.0663. The smallest absolute Gasteiger partial charge is 0.246 e. The van der Waals surface area contributed by atoms with Gasteiger partial charge in [-0.3, -0.25) is 4.79 Å². The molecule has 1 saturated carbocycles. The average Bonchev–Trinajstić information content (AvgIpc) is 2.15. The summed E-state index contributed by atoms with van der Waals surface area (Å²) >= 11 is 0. The molecule has 0 aromatic heterocycles. The zero-order valence-electron chi connectivity index (χ0n) is 9.20. The molecular formula is C10H20N2O3. The van der Waals surface area contributed by atoms with Gasteiger partial charge in [-0.2, -0.15) is 0 Å². The molecule has 0 saturated heterocycles. The van der Waals surface area contributed by atoms with Gasteiger partial charge in [-0.1, -0.05) is 0 Å². The van der Waals surface area contributed by atoms with Crippen molar-refractivity contribution in [1.82, 2.24) is 5.32 Å². The van der Waals surface area contributed by atoms with Crippen molar-refractivity contribution >= 4 is 5.91 Å². The van der Waals surface area contributed by atoms with Crippen LogP contribution < -0.4 is 11.1 Å². The monoisotopic (exact) mass is 216 g/mol. The predicted octanol–water partition coefficient (Wildman–Crippen LogP) is -0.355. The lowest BCUT2D eigenvalue weighted by Gasteiger charge is -2.35. The molecule has 88 valence electrons. The fourth-order valence-electron chi connectivity index (χ4n) is 1.57. The van der Waals surface area contributed by atoms with Gasteiger partial charge >= 0.3 is 0 Å². The highest BCUT2D eigenvalue weighted by molar-refractivity contribution is 5.77. The molecule has 5 nitrogen and oxygen atoms in total. The van der Waals surface area contributed by atoms with Gasteiger partial charge in [0.15, 0.2) is 0 Å². The van der Waals surface area contributed by atoms with E-state index in [4.69, 9.17) is 15.2 Å². The van der Waals surface area contributed by atoms with E-state index in [-0.39, 0.29) is 18.6 Å². The number of carbonyl (C=O) groups is 1. The summed E-state index contributed by atoms with van der Waals surface area (Å²) in [6, 6.07) is 0.260. The van der Waals surface area contributed by atoms with E-state index >= 15 is 0 Å². The molecule has 0 spiro atoms. The Kier molecular flexibility index (Phi) is 5.60. The molecule has 1 amide bonds. The van der Waals surface area contributed by atoms with Crippen molar-refractivity contribution in [3.8, 4) is 0 Å². The van der Waals surface area contributed by atoms with Crippen LogP contribution in [-0.2, 0) is 14.3 Å². The highest BCUT2D eigenvalue weighted by Crippen LogP contribution is 2.22. The Morgan fingerprint density at radius 1 is 1.53 bits per heavy atom. The van der Waals surface area contributed by atoms with E-state index in [1.54, 1.807) is 0 Å². The van der Waals surface area contributed by atoms with Gasteiger partial charge in [0.2, 0.25) is 5.91 Å². The van der Waals surface area contributed by atoms with E-state index in [0.717, 1.165) is 19.4 Å². The second-order valence-electron chi connectivity index (χ2n) is 3.65. The third-order valence-electron chi connectivity index (χ3n) is 2.36. The predicted molar refractivity (Wildman–Crippen MR) is 56.5 cm³/mol. The Morgan fingerprint density at radius 2 is 2.27 bits per heavy atom. The summed E-state index contributed by atoms with van der Waals surface area (Å²) in [6.45, 7) is 3.70. The zero-order valence-corrected chi connectivity index (χ0v) is 9.20. The molecule has 0 aliphatic heterocycles. The van der Waals surface area contributed by atoms with Crippen LogP contribution in [0, 0.1) is 0 Å². The van der Waals surface area contributed by atoms with Gasteiger partial charge in [-0.25, -0.2) is 0 Å². The van der Waals surface area contributed by atoms with Crippen LogP contribution in [0.3, 0.4) is 0 Å². The first-order chi connectivity index (χ1) is 7.26. The normalized spacial score (nSPS) is 24.7. The molecule has 1 aliphatic rings. The van der Waals surface area contributed by atoms with Crippen LogP contribution in [0.1, 0.15) is 19.8 Å². The molecule has 15 heavy (non-hydrogen) atoms. The molecule has 0 aromatic rings. The molecule has 3 N–H and O–H groups in total. The molecule has 0 heterocycles. The van der Waals surface area contributed by atoms with E-state index in [1.807, 2.05) is 6.92 Å². The van der Waals surface area contributed by atoms with Gasteiger partial charge in [0.1, 0.15) is 6.61 Å². The lowest BCUT2D eigenvalue weighted by Crippen LogP contribution is -2.48. The molecular weight excluding hydrogens is 196 g/mol. The summed E-state index contributed by atoms with van der Waals surface area (Å²) in [4.78, 5) is 11.3. The zero-order chi connectivity index (χ0) is 11.1. The van der Waals surface area contributed by atoms with Gasteiger partial charge in [0, 0.05) is 19.2 Å². The van der Waals surface area contributed by atoms with E-state index in [1.165, 1.54) is 0 Å². The van der Waals surface area contributed by atoms with Crippen molar-refractivity contribution in [1.29, 1.82) is 0 Å². The number of nitrogens with one attached hydrogen (secondary N) is 1. The first-order valence-corrected chi connectivity index (χ1v) is 5.45. The number of ether oxygens (including phenoxy) is 2. The third kappa shape index (κ3) is 4.59. The summed E-state index contributed by atoms with van der Waals surface area (Å²) in [6.07, 6.45) is 2.15. The van der Waals surface area contributed by atoms with Crippen molar-refractivity contribution in [2.45, 2.75) is 31.9 Å². The van der Waals surface area contributed by atoms with Crippen molar-refractivity contribution in [3.05, 3.63) is 0 Å². The summed E-state index contributed by atoms with van der Waals surface area (Å²) in [5.74, 6) is -0.0663. The Bertz CT molecular complexity index is 193. The van der Waals surface area contributed by atoms with Crippen LogP contribution in [0.4, 0.5) is 0 Å². The minimum atomic E-state index is -0.0663. The highest BCUT2D eigenvalue weighted by Gasteiger charge is 2.30. The summed E-state index contributed by atoms with van der Waals surface area (Å²) in [5.41, 5.74) is 5.23. The number of hydrogen-bond acceptors (Lipinski definition) is 4. The maximum absolute atomic E-state index is 11.3. The van der Waals surface area contributed by atoms with Crippen molar-refractivity contribution < 1.29 is 14.3 Å². The van der Waals surface area contributed by atoms with E-state index in [2.05, 4.69) is 5.32 Å². The van der Waals surface area contributed by atoms with Crippen molar-refractivity contribution in [2.75, 3.05) is 26.4 Å². The van der Waals surface area contributed by atoms with E-state index < -0.39 is 0 Å². The van der Waals surface area contributed by atoms with E-state index in [0.29, 0.717) is 19.3 Å². The average molecular weight is 216 g/mol. The molecule has 0 atom stereocenters. The lowest BCUT2D eigenvalue weighted by molar-refractivity contribution is -0.128. The third-order valence-corrected chi connectivity index (χ3v) is 2.36. The van der Waals surface area contributed by atoms with Crippen LogP contribution in [0.25, 0.3) is 0 Å². The van der Waals surface area contributed by atoms with Gasteiger partial charge in [-0.05, 0) is 19.8 Å². The summed E-state index contributed by atoms with van der Waals surface area (Å²) in [7, 11) is 0. The molecule has 0 radical (unpaired) electrons. The quantitative estimate of drug-likeness (QED) is 0.570. The van der Waals surface area contributed by atoms with Gasteiger partial charge in [0.25, 0.3) is 0 Å². The summed E-state index contributed by atoms with van der Waals surface area (Å²) in [5, 5.41) is 2.88. The van der Waals surface area contributed by atoms with E-state index in [9.17, 15) is 4.79 Å². The first kappa shape index (κ1) is 12.4. The molecule has 0 unspecified atom stereocenters. The van der Waals surface area contributed by atoms with Gasteiger partial charge in [0.05, 0.1) is 12.7 Å². The van der Waals surface area contributed by atoms with Crippen LogP contribution >= 0.6 is 0 Å². The maximum Gasteiger partial charge on any atom is 0.246 e. The Morgan fingerprint density at radius 3 is 2.87 bits per heavy atom. The summed E-state index contributed by atoms with van der Waals surface area (Å²) < 4.78 is 10.4. The molecule has 1 fully saturated rings. The Hall–Kier alpha value is -0.650.